The van der Waals surface area contributed by atoms with Crippen molar-refractivity contribution in [3.8, 4) is 5.75 Å². The van der Waals surface area contributed by atoms with E-state index in [9.17, 15) is 9.18 Å². The Balaban J connectivity index is 2.11. The smallest absolute Gasteiger partial charge is 0.229 e. The average molecular weight is 274 g/mol. The molecule has 3 N–H and O–H groups in total. The van der Waals surface area contributed by atoms with Gasteiger partial charge < -0.3 is 15.8 Å². The predicted molar refractivity (Wildman–Crippen MR) is 76.1 cm³/mol. The monoisotopic (exact) mass is 274 g/mol. The first-order valence-electron chi connectivity index (χ1n) is 6.07. The van der Waals surface area contributed by atoms with E-state index in [1.54, 1.807) is 12.1 Å². The molecule has 2 rings (SSSR count). The van der Waals surface area contributed by atoms with Crippen molar-refractivity contribution in [3.05, 3.63) is 53.8 Å². The van der Waals surface area contributed by atoms with Gasteiger partial charge >= 0.3 is 0 Å². The quantitative estimate of drug-likeness (QED) is 0.842. The van der Waals surface area contributed by atoms with Crippen LogP contribution in [0.3, 0.4) is 0 Å². The molecular weight excluding hydrogens is 259 g/mol. The van der Waals surface area contributed by atoms with Gasteiger partial charge in [-0.2, -0.15) is 0 Å². The minimum absolute atomic E-state index is 0.0740. The predicted octanol–water partition coefficient (Wildman–Crippen LogP) is 2.60. The van der Waals surface area contributed by atoms with Gasteiger partial charge in [-0.05, 0) is 24.3 Å². The second-order valence-corrected chi connectivity index (χ2v) is 4.28. The second kappa shape index (κ2) is 6.06. The van der Waals surface area contributed by atoms with Gasteiger partial charge in [0.05, 0.1) is 19.2 Å². The third-order valence-corrected chi connectivity index (χ3v) is 2.81. The van der Waals surface area contributed by atoms with Crippen LogP contribution in [0, 0.1) is 5.82 Å². The number of hydrogen-bond donors (Lipinski definition) is 2. The molecule has 2 aromatic carbocycles. The molecule has 0 aliphatic carbocycles. The maximum Gasteiger partial charge on any atom is 0.229 e. The molecule has 0 aliphatic heterocycles. The third kappa shape index (κ3) is 3.26. The van der Waals surface area contributed by atoms with Crippen LogP contribution in [0.15, 0.2) is 42.5 Å². The van der Waals surface area contributed by atoms with E-state index in [1.807, 2.05) is 12.1 Å². The Bertz CT molecular complexity index is 629. The number of rotatable bonds is 4. The lowest BCUT2D eigenvalue weighted by atomic mass is 10.1. The molecule has 0 bridgehead atoms. The lowest BCUT2D eigenvalue weighted by Gasteiger charge is -2.09. The molecule has 2 aromatic rings. The van der Waals surface area contributed by atoms with E-state index >= 15 is 0 Å². The summed E-state index contributed by atoms with van der Waals surface area (Å²) in [7, 11) is 1.54. The van der Waals surface area contributed by atoms with E-state index < -0.39 is 5.82 Å². The Morgan fingerprint density at radius 1 is 1.30 bits per heavy atom. The van der Waals surface area contributed by atoms with E-state index in [1.165, 1.54) is 25.3 Å². The van der Waals surface area contributed by atoms with Crippen LogP contribution in [0.1, 0.15) is 5.56 Å². The van der Waals surface area contributed by atoms with Gasteiger partial charge in [-0.15, -0.1) is 0 Å². The van der Waals surface area contributed by atoms with Gasteiger partial charge in [-0.3, -0.25) is 4.79 Å². The van der Waals surface area contributed by atoms with E-state index in [4.69, 9.17) is 10.5 Å². The molecular formula is C15H15FN2O2. The van der Waals surface area contributed by atoms with Crippen molar-refractivity contribution >= 4 is 17.3 Å². The van der Waals surface area contributed by atoms with Gasteiger partial charge in [0.1, 0.15) is 11.6 Å². The van der Waals surface area contributed by atoms with Crippen molar-refractivity contribution in [3.63, 3.8) is 0 Å². The van der Waals surface area contributed by atoms with Crippen LogP contribution in [-0.4, -0.2) is 13.0 Å². The fraction of sp³-hybridized carbons (Fsp3) is 0.133. The SMILES string of the molecule is COc1ccccc1CC(=O)Nc1cc(N)ccc1F. The number of nitrogens with one attached hydrogen (secondary N) is 1. The summed E-state index contributed by atoms with van der Waals surface area (Å²) in [5.74, 6) is -0.234. The third-order valence-electron chi connectivity index (χ3n) is 2.81. The van der Waals surface area contributed by atoms with Crippen LogP contribution in [0.25, 0.3) is 0 Å². The number of para-hydroxylation sites is 1. The zero-order chi connectivity index (χ0) is 14.5. The first-order valence-corrected chi connectivity index (χ1v) is 6.07. The number of amides is 1. The highest BCUT2D eigenvalue weighted by Crippen LogP contribution is 2.20. The van der Waals surface area contributed by atoms with Gasteiger partial charge in [-0.1, -0.05) is 18.2 Å². The average Bonchev–Trinajstić information content (AvgIpc) is 2.43. The molecule has 0 aromatic heterocycles. The van der Waals surface area contributed by atoms with Crippen LogP contribution in [0.2, 0.25) is 0 Å². The summed E-state index contributed by atoms with van der Waals surface area (Å²) in [5.41, 5.74) is 6.76. The van der Waals surface area contributed by atoms with Gasteiger partial charge in [0.15, 0.2) is 0 Å². The highest BCUT2D eigenvalue weighted by molar-refractivity contribution is 5.93. The highest BCUT2D eigenvalue weighted by Gasteiger charge is 2.10. The van der Waals surface area contributed by atoms with Crippen molar-refractivity contribution in [2.75, 3.05) is 18.2 Å². The molecule has 0 atom stereocenters. The fourth-order valence-corrected chi connectivity index (χ4v) is 1.86. The maximum absolute atomic E-state index is 13.5. The van der Waals surface area contributed by atoms with Crippen molar-refractivity contribution < 1.29 is 13.9 Å². The zero-order valence-electron chi connectivity index (χ0n) is 11.0. The normalized spacial score (nSPS) is 10.1. The number of nitrogens with two attached hydrogens (primary N) is 1. The number of carbonyl (C=O) groups excluding carboxylic acids is 1. The molecule has 0 saturated carbocycles. The number of nitrogen functional groups attached to an aromatic ring is 1. The largest absolute Gasteiger partial charge is 0.496 e. The Kier molecular flexibility index (Phi) is 4.20. The summed E-state index contributed by atoms with van der Waals surface area (Å²) < 4.78 is 18.7. The van der Waals surface area contributed by atoms with E-state index in [2.05, 4.69) is 5.32 Å². The van der Waals surface area contributed by atoms with E-state index in [-0.39, 0.29) is 18.0 Å². The van der Waals surface area contributed by atoms with E-state index in [0.717, 1.165) is 5.56 Å². The van der Waals surface area contributed by atoms with Gasteiger partial charge in [0, 0.05) is 11.3 Å². The first-order chi connectivity index (χ1) is 9.60. The summed E-state index contributed by atoms with van der Waals surface area (Å²) in [6, 6.07) is 11.2. The number of hydrogen-bond acceptors (Lipinski definition) is 3. The molecule has 20 heavy (non-hydrogen) atoms. The van der Waals surface area contributed by atoms with Crippen LogP contribution in [0.5, 0.6) is 5.75 Å². The van der Waals surface area contributed by atoms with Crippen molar-refractivity contribution in [1.29, 1.82) is 0 Å². The molecule has 0 aliphatic rings. The number of carbonyl (C=O) groups is 1. The molecule has 0 spiro atoms. The van der Waals surface area contributed by atoms with Gasteiger partial charge in [-0.25, -0.2) is 4.39 Å². The van der Waals surface area contributed by atoms with Gasteiger partial charge in [0.2, 0.25) is 5.91 Å². The Hall–Kier alpha value is -2.56. The van der Waals surface area contributed by atoms with Crippen LogP contribution in [-0.2, 0) is 11.2 Å². The van der Waals surface area contributed by atoms with Crippen LogP contribution < -0.4 is 15.8 Å². The van der Waals surface area contributed by atoms with Crippen molar-refractivity contribution in [1.82, 2.24) is 0 Å². The molecule has 0 radical (unpaired) electrons. The molecule has 0 heterocycles. The summed E-state index contributed by atoms with van der Waals surface area (Å²) >= 11 is 0. The topological polar surface area (TPSA) is 64.3 Å². The number of anilines is 2. The summed E-state index contributed by atoms with van der Waals surface area (Å²) in [5, 5.41) is 2.50. The maximum atomic E-state index is 13.5. The second-order valence-electron chi connectivity index (χ2n) is 4.28. The Labute approximate surface area is 116 Å². The molecule has 0 unspecified atom stereocenters. The summed E-state index contributed by atoms with van der Waals surface area (Å²) in [6.45, 7) is 0. The molecule has 0 fully saturated rings. The minimum Gasteiger partial charge on any atom is -0.496 e. The molecule has 5 heteroatoms. The molecule has 104 valence electrons. The number of halogens is 1. The fourth-order valence-electron chi connectivity index (χ4n) is 1.86. The first kappa shape index (κ1) is 13.9. The summed E-state index contributed by atoms with van der Waals surface area (Å²) in [6.07, 6.45) is 0.0955. The summed E-state index contributed by atoms with van der Waals surface area (Å²) in [4.78, 5) is 11.9. The number of ether oxygens (including phenoxy) is 1. The molecule has 0 saturated heterocycles. The molecule has 4 nitrogen and oxygen atoms in total. The standard InChI is InChI=1S/C15H15FN2O2/c1-20-14-5-3-2-4-10(14)8-15(19)18-13-9-11(17)6-7-12(13)16/h2-7,9H,8,17H2,1H3,(H,18,19). The highest BCUT2D eigenvalue weighted by atomic mass is 19.1. The van der Waals surface area contributed by atoms with Gasteiger partial charge in [0.25, 0.3) is 0 Å². The Morgan fingerprint density at radius 2 is 2.05 bits per heavy atom. The van der Waals surface area contributed by atoms with Crippen LogP contribution >= 0.6 is 0 Å². The van der Waals surface area contributed by atoms with Crippen LogP contribution in [0.4, 0.5) is 15.8 Å². The Morgan fingerprint density at radius 3 is 2.80 bits per heavy atom. The van der Waals surface area contributed by atoms with E-state index in [0.29, 0.717) is 11.4 Å². The lowest BCUT2D eigenvalue weighted by molar-refractivity contribution is -0.115. The number of benzene rings is 2. The van der Waals surface area contributed by atoms with Crippen molar-refractivity contribution in [2.24, 2.45) is 0 Å². The molecule has 1 amide bonds. The minimum atomic E-state index is -0.521. The zero-order valence-corrected chi connectivity index (χ0v) is 11.0. The van der Waals surface area contributed by atoms with Crippen molar-refractivity contribution in [2.45, 2.75) is 6.42 Å². The lowest BCUT2D eigenvalue weighted by Crippen LogP contribution is -2.16. The number of methoxy groups -OCH3 is 1.